The van der Waals surface area contributed by atoms with Crippen LogP contribution in [-0.4, -0.2) is 28.8 Å². The maximum Gasteiger partial charge on any atom is 0.287 e. The Morgan fingerprint density at radius 3 is 2.26 bits per heavy atom. The smallest absolute Gasteiger partial charge is 0.287 e. The van der Waals surface area contributed by atoms with Crippen molar-refractivity contribution in [3.8, 4) is 17.2 Å². The Morgan fingerprint density at radius 2 is 1.64 bits per heavy atom. The van der Waals surface area contributed by atoms with Crippen LogP contribution in [0.15, 0.2) is 65.3 Å². The zero-order chi connectivity index (χ0) is 27.8. The van der Waals surface area contributed by atoms with Crippen molar-refractivity contribution in [1.29, 1.82) is 5.26 Å². The summed E-state index contributed by atoms with van der Waals surface area (Å²) in [6, 6.07) is 16.5. The Kier molecular flexibility index (Phi) is 6.52. The van der Waals surface area contributed by atoms with Crippen LogP contribution in [0, 0.1) is 11.3 Å². The quantitative estimate of drug-likeness (QED) is 0.264. The number of amides is 2. The van der Waals surface area contributed by atoms with Gasteiger partial charge in [-0.15, -0.1) is 0 Å². The lowest BCUT2D eigenvalue weighted by atomic mass is 9.78. The summed E-state index contributed by atoms with van der Waals surface area (Å²) in [4.78, 5) is 26.5. The predicted octanol–water partition coefficient (Wildman–Crippen LogP) is 4.06. The zero-order valence-electron chi connectivity index (χ0n) is 21.0. The topological polar surface area (TPSA) is 150 Å². The van der Waals surface area contributed by atoms with Crippen LogP contribution in [0.3, 0.4) is 0 Å². The lowest BCUT2D eigenvalue weighted by Gasteiger charge is -2.39. The number of rotatable bonds is 7. The molecule has 2 fully saturated rings. The average Bonchev–Trinajstić information content (AvgIpc) is 3.56. The number of hydrazine groups is 1. The summed E-state index contributed by atoms with van der Waals surface area (Å²) < 4.78 is 33.8. The van der Waals surface area contributed by atoms with Crippen molar-refractivity contribution in [3.05, 3.63) is 66.7 Å². The Morgan fingerprint density at radius 1 is 0.974 bits per heavy atom. The number of fused-ring (bicyclic) bond motifs is 1. The Balaban J connectivity index is 1.37. The molecule has 0 spiro atoms. The number of hydrogen-bond acceptors (Lipinski definition) is 7. The van der Waals surface area contributed by atoms with E-state index in [0.29, 0.717) is 23.8 Å². The molecule has 2 aliphatic rings. The molecule has 202 valence electrons. The lowest BCUT2D eigenvalue weighted by molar-refractivity contribution is -0.133. The van der Waals surface area contributed by atoms with E-state index in [0.717, 1.165) is 16.8 Å². The molecule has 0 bridgehead atoms. The second-order valence-corrected chi connectivity index (χ2v) is 10.2. The third-order valence-corrected chi connectivity index (χ3v) is 7.43. The van der Waals surface area contributed by atoms with Gasteiger partial charge in [0.2, 0.25) is 11.8 Å². The number of nitrogens with two attached hydrogens (primary N) is 2. The first-order valence-corrected chi connectivity index (χ1v) is 12.6. The first-order valence-electron chi connectivity index (χ1n) is 12.6. The molecule has 0 radical (unpaired) electrons. The number of carbonyl (C=O) groups is 2. The number of nitriles is 1. The number of anilines is 1. The van der Waals surface area contributed by atoms with E-state index in [1.54, 1.807) is 18.2 Å². The van der Waals surface area contributed by atoms with E-state index in [1.807, 2.05) is 30.3 Å². The van der Waals surface area contributed by atoms with Crippen LogP contribution in [0.4, 0.5) is 14.5 Å². The van der Waals surface area contributed by atoms with Crippen LogP contribution in [0.2, 0.25) is 0 Å². The summed E-state index contributed by atoms with van der Waals surface area (Å²) in [5.74, 6) is 1.62. The Hall–Kier alpha value is -4.43. The van der Waals surface area contributed by atoms with Crippen molar-refractivity contribution in [1.82, 2.24) is 10.6 Å². The summed E-state index contributed by atoms with van der Waals surface area (Å²) in [7, 11) is 0. The van der Waals surface area contributed by atoms with E-state index in [-0.39, 0.29) is 18.6 Å². The van der Waals surface area contributed by atoms with E-state index in [2.05, 4.69) is 16.7 Å². The molecule has 6 N–H and O–H groups in total. The second-order valence-electron chi connectivity index (χ2n) is 10.2. The van der Waals surface area contributed by atoms with Gasteiger partial charge in [-0.05, 0) is 61.1 Å². The van der Waals surface area contributed by atoms with Crippen LogP contribution in [0.5, 0.6) is 0 Å². The van der Waals surface area contributed by atoms with Gasteiger partial charge in [0.15, 0.2) is 5.76 Å². The van der Waals surface area contributed by atoms with Crippen LogP contribution in [0.1, 0.15) is 49.1 Å². The highest BCUT2D eigenvalue weighted by Crippen LogP contribution is 2.41. The minimum absolute atomic E-state index is 0.0456. The third kappa shape index (κ3) is 5.28. The molecule has 2 saturated carbocycles. The minimum atomic E-state index is -2.92. The van der Waals surface area contributed by atoms with Crippen LogP contribution in [0.25, 0.3) is 22.1 Å². The number of benzene rings is 2. The van der Waals surface area contributed by atoms with Crippen molar-refractivity contribution < 1.29 is 22.8 Å². The summed E-state index contributed by atoms with van der Waals surface area (Å²) in [6.45, 7) is 0. The molecular weight excluding hydrogens is 506 g/mol. The Bertz CT molecular complexity index is 1480. The van der Waals surface area contributed by atoms with E-state index in [4.69, 9.17) is 16.0 Å². The summed E-state index contributed by atoms with van der Waals surface area (Å²) in [6.07, 6.45) is 2.23. The number of alkyl halides is 2. The molecule has 1 heterocycles. The van der Waals surface area contributed by atoms with Gasteiger partial charge in [0, 0.05) is 30.6 Å². The van der Waals surface area contributed by atoms with E-state index in [9.17, 15) is 23.6 Å². The monoisotopic (exact) mass is 534 g/mol. The van der Waals surface area contributed by atoms with Gasteiger partial charge < -0.3 is 20.8 Å². The first-order chi connectivity index (χ1) is 18.6. The highest BCUT2D eigenvalue weighted by molar-refractivity contribution is 6.00. The lowest BCUT2D eigenvalue weighted by Crippen LogP contribution is -2.62. The van der Waals surface area contributed by atoms with E-state index < -0.39 is 41.7 Å². The molecule has 39 heavy (non-hydrogen) atoms. The zero-order valence-corrected chi connectivity index (χ0v) is 21.0. The van der Waals surface area contributed by atoms with Crippen molar-refractivity contribution in [2.24, 2.45) is 11.6 Å². The van der Waals surface area contributed by atoms with Crippen LogP contribution < -0.4 is 27.2 Å². The van der Waals surface area contributed by atoms with Crippen molar-refractivity contribution in [2.45, 2.75) is 55.5 Å². The minimum Gasteiger partial charge on any atom is -0.451 e. The van der Waals surface area contributed by atoms with Gasteiger partial charge in [-0.3, -0.25) is 14.6 Å². The molecule has 0 saturated heterocycles. The van der Waals surface area contributed by atoms with Gasteiger partial charge >= 0.3 is 0 Å². The number of hydrogen-bond donors (Lipinski definition) is 4. The highest BCUT2D eigenvalue weighted by Gasteiger charge is 2.53. The van der Waals surface area contributed by atoms with E-state index >= 15 is 0 Å². The molecule has 3 aromatic rings. The molecule has 2 aromatic carbocycles. The first kappa shape index (κ1) is 26.2. The average molecular weight is 535 g/mol. The molecule has 0 aliphatic heterocycles. The van der Waals surface area contributed by atoms with Gasteiger partial charge in [0.25, 0.3) is 5.91 Å². The number of nitrogens with one attached hydrogen (secondary N) is 2. The normalized spacial score (nSPS) is 18.8. The molecule has 2 aliphatic carbocycles. The number of halogens is 2. The molecule has 1 aromatic heterocycles. The maximum atomic E-state index is 14.0. The van der Waals surface area contributed by atoms with Crippen molar-refractivity contribution >= 4 is 28.5 Å². The fourth-order valence-corrected chi connectivity index (χ4v) is 4.78. The summed E-state index contributed by atoms with van der Waals surface area (Å²) in [5, 5.41) is 16.8. The fraction of sp³-hybridized carbons (Fsp3) is 0.321. The maximum absolute atomic E-state index is 14.0. The summed E-state index contributed by atoms with van der Waals surface area (Å²) >= 11 is 0. The molecule has 11 heteroatoms. The van der Waals surface area contributed by atoms with Gasteiger partial charge in [-0.25, -0.2) is 14.6 Å². The van der Waals surface area contributed by atoms with Gasteiger partial charge in [-0.2, -0.15) is 5.26 Å². The standard InChI is InChI=1S/C28H28F2N6O3/c29-28(30)11-9-27(10-12-28,25(38)35-26(17-32)7-8-26)34-24(37)23-16-20-2-1-19(15-22(20)39-23)18-3-5-21(6-4-18)36(33)14-13-31/h1-6,13-16H,7-12,31,33H2,(H,34,37)(H,35,38)/b14-13-. The van der Waals surface area contributed by atoms with Gasteiger partial charge in [0.1, 0.15) is 16.7 Å². The summed E-state index contributed by atoms with van der Waals surface area (Å²) in [5.41, 5.74) is 5.73. The van der Waals surface area contributed by atoms with Crippen LogP contribution >= 0.6 is 0 Å². The number of carbonyl (C=O) groups excluding carboxylic acids is 2. The van der Waals surface area contributed by atoms with Gasteiger partial charge in [-0.1, -0.05) is 24.3 Å². The van der Waals surface area contributed by atoms with Crippen LogP contribution in [-0.2, 0) is 4.79 Å². The Labute approximate surface area is 223 Å². The largest absolute Gasteiger partial charge is 0.451 e. The SMILES string of the molecule is N#CC1(NC(=O)C2(NC(=O)c3cc4ccc(-c5ccc(N(N)/C=C\N)cc5)cc4o3)CCC(F)(F)CC2)CC1. The molecule has 0 atom stereocenters. The van der Waals surface area contributed by atoms with E-state index in [1.165, 1.54) is 17.4 Å². The second kappa shape index (κ2) is 9.71. The number of furan rings is 1. The molecule has 2 amide bonds. The molecular formula is C28H28F2N6O3. The van der Waals surface area contributed by atoms with Crippen molar-refractivity contribution in [2.75, 3.05) is 5.01 Å². The molecule has 0 unspecified atom stereocenters. The fourth-order valence-electron chi connectivity index (χ4n) is 4.78. The third-order valence-electron chi connectivity index (χ3n) is 7.43. The van der Waals surface area contributed by atoms with Gasteiger partial charge in [0.05, 0.1) is 11.8 Å². The predicted molar refractivity (Wildman–Crippen MR) is 141 cm³/mol. The molecule has 5 rings (SSSR count). The molecule has 9 nitrogen and oxygen atoms in total. The van der Waals surface area contributed by atoms with Crippen molar-refractivity contribution in [3.63, 3.8) is 0 Å². The highest BCUT2D eigenvalue weighted by atomic mass is 19.3. The number of nitrogens with zero attached hydrogens (tertiary/aromatic N) is 2.